The molecule has 20 heavy (non-hydrogen) atoms. The number of hydrogen-bond donors (Lipinski definition) is 1. The third-order valence-corrected chi connectivity index (χ3v) is 4.46. The fraction of sp³-hybridized carbons (Fsp3) is 0.667. The molecule has 2 nitrogen and oxygen atoms in total. The molecule has 3 unspecified atom stereocenters. The quantitative estimate of drug-likeness (QED) is 0.860. The zero-order chi connectivity index (χ0) is 14.5. The maximum atomic E-state index is 5.75. The minimum absolute atomic E-state index is 0.235. The lowest BCUT2D eigenvalue weighted by Gasteiger charge is -2.32. The Morgan fingerprint density at radius 2 is 2.00 bits per heavy atom. The van der Waals surface area contributed by atoms with Crippen LogP contribution in [-0.2, 0) is 6.54 Å². The summed E-state index contributed by atoms with van der Waals surface area (Å²) in [6.07, 6.45) is 4.21. The summed E-state index contributed by atoms with van der Waals surface area (Å²) >= 11 is 0. The fourth-order valence-corrected chi connectivity index (χ4v) is 3.00. The van der Waals surface area contributed by atoms with Gasteiger partial charge in [-0.3, -0.25) is 0 Å². The third-order valence-electron chi connectivity index (χ3n) is 4.46. The van der Waals surface area contributed by atoms with E-state index in [0.29, 0.717) is 6.04 Å². The normalized spacial score (nSPS) is 26.8. The largest absolute Gasteiger partial charge is 0.491 e. The van der Waals surface area contributed by atoms with E-state index in [4.69, 9.17) is 4.74 Å². The molecule has 0 spiro atoms. The third kappa shape index (κ3) is 4.52. The molecule has 2 heteroatoms. The van der Waals surface area contributed by atoms with Crippen LogP contribution in [-0.4, -0.2) is 12.1 Å². The Morgan fingerprint density at radius 3 is 2.70 bits per heavy atom. The van der Waals surface area contributed by atoms with Gasteiger partial charge in [0.1, 0.15) is 5.75 Å². The Morgan fingerprint density at radius 1 is 1.20 bits per heavy atom. The van der Waals surface area contributed by atoms with Gasteiger partial charge in [0.15, 0.2) is 0 Å². The summed E-state index contributed by atoms with van der Waals surface area (Å²) in [4.78, 5) is 0. The Labute approximate surface area is 123 Å². The molecule has 2 rings (SSSR count). The van der Waals surface area contributed by atoms with E-state index < -0.39 is 0 Å². The number of benzene rings is 1. The van der Waals surface area contributed by atoms with E-state index in [-0.39, 0.29) is 6.10 Å². The predicted octanol–water partition coefficient (Wildman–Crippen LogP) is 4.39. The topological polar surface area (TPSA) is 21.3 Å². The zero-order valence-corrected chi connectivity index (χ0v) is 13.4. The van der Waals surface area contributed by atoms with Gasteiger partial charge in [0.25, 0.3) is 0 Å². The predicted molar refractivity (Wildman–Crippen MR) is 85.0 cm³/mol. The molecule has 1 aliphatic rings. The van der Waals surface area contributed by atoms with Gasteiger partial charge in [0, 0.05) is 12.6 Å². The van der Waals surface area contributed by atoms with Crippen molar-refractivity contribution in [2.45, 2.75) is 65.6 Å². The van der Waals surface area contributed by atoms with Crippen molar-refractivity contribution >= 4 is 0 Å². The van der Waals surface area contributed by atoms with Crippen molar-refractivity contribution in [3.8, 4) is 5.75 Å². The van der Waals surface area contributed by atoms with Crippen LogP contribution in [0.1, 0.15) is 52.5 Å². The molecule has 0 heterocycles. The summed E-state index contributed by atoms with van der Waals surface area (Å²) in [5.74, 6) is 2.71. The van der Waals surface area contributed by atoms with Crippen LogP contribution in [0.5, 0.6) is 5.75 Å². The summed E-state index contributed by atoms with van der Waals surface area (Å²) in [6.45, 7) is 9.84. The van der Waals surface area contributed by atoms with E-state index in [1.54, 1.807) is 0 Å². The summed E-state index contributed by atoms with van der Waals surface area (Å²) in [5.41, 5.74) is 1.31. The van der Waals surface area contributed by atoms with Gasteiger partial charge in [0.2, 0.25) is 0 Å². The summed E-state index contributed by atoms with van der Waals surface area (Å²) in [7, 11) is 0. The SMILES string of the molecule is CC(C)Oc1cccc(CNC2CCC(C)C(C)C2)c1. The van der Waals surface area contributed by atoms with Crippen molar-refractivity contribution in [3.05, 3.63) is 29.8 Å². The second-order valence-corrected chi connectivity index (χ2v) is 6.66. The molecular weight excluding hydrogens is 246 g/mol. The van der Waals surface area contributed by atoms with Gasteiger partial charge in [-0.15, -0.1) is 0 Å². The highest BCUT2D eigenvalue weighted by Crippen LogP contribution is 2.29. The van der Waals surface area contributed by atoms with E-state index in [2.05, 4.69) is 51.2 Å². The number of nitrogens with one attached hydrogen (secondary N) is 1. The van der Waals surface area contributed by atoms with E-state index in [0.717, 1.165) is 24.1 Å². The standard InChI is InChI=1S/C18H29NO/c1-13(2)20-18-7-5-6-16(11-18)12-19-17-9-8-14(3)15(4)10-17/h5-7,11,13-15,17,19H,8-10,12H2,1-4H3. The monoisotopic (exact) mass is 275 g/mol. The van der Waals surface area contributed by atoms with Crippen LogP contribution in [0.15, 0.2) is 24.3 Å². The maximum absolute atomic E-state index is 5.75. The summed E-state index contributed by atoms with van der Waals surface area (Å²) in [6, 6.07) is 9.13. The van der Waals surface area contributed by atoms with Gasteiger partial charge < -0.3 is 10.1 Å². The molecule has 0 amide bonds. The van der Waals surface area contributed by atoms with Crippen LogP contribution in [0, 0.1) is 11.8 Å². The Kier molecular flexibility index (Phi) is 5.47. The number of hydrogen-bond acceptors (Lipinski definition) is 2. The highest BCUT2D eigenvalue weighted by Gasteiger charge is 2.23. The van der Waals surface area contributed by atoms with E-state index in [1.165, 1.54) is 24.8 Å². The van der Waals surface area contributed by atoms with Crippen molar-refractivity contribution in [1.29, 1.82) is 0 Å². The molecule has 0 saturated heterocycles. The Hall–Kier alpha value is -1.02. The second-order valence-electron chi connectivity index (χ2n) is 6.66. The van der Waals surface area contributed by atoms with Gasteiger partial charge in [-0.25, -0.2) is 0 Å². The van der Waals surface area contributed by atoms with Gasteiger partial charge in [-0.2, -0.15) is 0 Å². The fourth-order valence-electron chi connectivity index (χ4n) is 3.00. The lowest BCUT2D eigenvalue weighted by atomic mass is 9.79. The summed E-state index contributed by atoms with van der Waals surface area (Å²) < 4.78 is 5.75. The molecule has 1 aromatic carbocycles. The molecule has 1 N–H and O–H groups in total. The van der Waals surface area contributed by atoms with Crippen molar-refractivity contribution in [1.82, 2.24) is 5.32 Å². The minimum atomic E-state index is 0.235. The molecule has 0 bridgehead atoms. The molecule has 0 radical (unpaired) electrons. The molecule has 112 valence electrons. The molecule has 0 aromatic heterocycles. The van der Waals surface area contributed by atoms with Crippen molar-refractivity contribution in [3.63, 3.8) is 0 Å². The molecule has 3 atom stereocenters. The van der Waals surface area contributed by atoms with Crippen LogP contribution in [0.3, 0.4) is 0 Å². The van der Waals surface area contributed by atoms with Crippen molar-refractivity contribution < 1.29 is 4.74 Å². The number of ether oxygens (including phenoxy) is 1. The Balaban J connectivity index is 1.84. The van der Waals surface area contributed by atoms with Gasteiger partial charge in [-0.05, 0) is 62.6 Å². The van der Waals surface area contributed by atoms with Crippen LogP contribution in [0.4, 0.5) is 0 Å². The van der Waals surface area contributed by atoms with Crippen LogP contribution >= 0.6 is 0 Å². The second kappa shape index (κ2) is 7.12. The van der Waals surface area contributed by atoms with Crippen LogP contribution in [0.2, 0.25) is 0 Å². The van der Waals surface area contributed by atoms with Crippen LogP contribution < -0.4 is 10.1 Å². The zero-order valence-electron chi connectivity index (χ0n) is 13.4. The van der Waals surface area contributed by atoms with E-state index >= 15 is 0 Å². The first kappa shape index (κ1) is 15.4. The minimum Gasteiger partial charge on any atom is -0.491 e. The first-order chi connectivity index (χ1) is 9.54. The average Bonchev–Trinajstić information content (AvgIpc) is 2.40. The molecule has 0 aliphatic heterocycles. The smallest absolute Gasteiger partial charge is 0.120 e. The molecule has 1 fully saturated rings. The van der Waals surface area contributed by atoms with Crippen LogP contribution in [0.25, 0.3) is 0 Å². The van der Waals surface area contributed by atoms with Gasteiger partial charge in [-0.1, -0.05) is 26.0 Å². The van der Waals surface area contributed by atoms with E-state index in [1.807, 2.05) is 6.07 Å². The van der Waals surface area contributed by atoms with E-state index in [9.17, 15) is 0 Å². The van der Waals surface area contributed by atoms with Crippen molar-refractivity contribution in [2.24, 2.45) is 11.8 Å². The number of rotatable bonds is 5. The highest BCUT2D eigenvalue weighted by molar-refractivity contribution is 5.28. The van der Waals surface area contributed by atoms with Gasteiger partial charge >= 0.3 is 0 Å². The van der Waals surface area contributed by atoms with Crippen molar-refractivity contribution in [2.75, 3.05) is 0 Å². The maximum Gasteiger partial charge on any atom is 0.120 e. The summed E-state index contributed by atoms with van der Waals surface area (Å²) in [5, 5.41) is 3.71. The lowest BCUT2D eigenvalue weighted by Crippen LogP contribution is -2.35. The first-order valence-electron chi connectivity index (χ1n) is 8.03. The molecule has 1 saturated carbocycles. The lowest BCUT2D eigenvalue weighted by molar-refractivity contribution is 0.225. The first-order valence-corrected chi connectivity index (χ1v) is 8.03. The average molecular weight is 275 g/mol. The molecule has 1 aromatic rings. The molecule has 1 aliphatic carbocycles. The Bertz CT molecular complexity index is 416. The highest BCUT2D eigenvalue weighted by atomic mass is 16.5. The molecular formula is C18H29NO. The van der Waals surface area contributed by atoms with Gasteiger partial charge in [0.05, 0.1) is 6.10 Å².